The average Bonchev–Trinajstić information content (AvgIpc) is 3.01. The van der Waals surface area contributed by atoms with Crippen molar-refractivity contribution in [1.82, 2.24) is 9.97 Å². The van der Waals surface area contributed by atoms with E-state index < -0.39 is 0 Å². The Balaban J connectivity index is 2.09. The lowest BCUT2D eigenvalue weighted by Gasteiger charge is -2.33. The van der Waals surface area contributed by atoms with Crippen molar-refractivity contribution in [2.24, 2.45) is 0 Å². The molecular weight excluding hydrogens is 366 g/mol. The summed E-state index contributed by atoms with van der Waals surface area (Å²) in [6, 6.07) is 0.00470. The minimum atomic E-state index is -0.130. The zero-order valence-electron chi connectivity index (χ0n) is 16.1. The SMILES string of the molecule is CCCSc1nc(NC(CC)CO)c2c3c(sc2n1)COC(C)(CC)C3. The van der Waals surface area contributed by atoms with Crippen molar-refractivity contribution < 1.29 is 9.84 Å². The number of nitrogens with zero attached hydrogens (tertiary/aromatic N) is 2. The van der Waals surface area contributed by atoms with E-state index in [4.69, 9.17) is 14.7 Å². The van der Waals surface area contributed by atoms with Crippen molar-refractivity contribution >= 4 is 39.1 Å². The maximum atomic E-state index is 9.65. The molecule has 0 saturated carbocycles. The fourth-order valence-corrected chi connectivity index (χ4v) is 4.97. The van der Waals surface area contributed by atoms with Crippen LogP contribution in [0.1, 0.15) is 57.4 Å². The van der Waals surface area contributed by atoms with Crippen LogP contribution in [0.2, 0.25) is 0 Å². The van der Waals surface area contributed by atoms with Crippen LogP contribution in [-0.4, -0.2) is 39.1 Å². The molecule has 5 nitrogen and oxygen atoms in total. The van der Waals surface area contributed by atoms with Gasteiger partial charge in [-0.05, 0) is 31.7 Å². The summed E-state index contributed by atoms with van der Waals surface area (Å²) in [6.07, 6.45) is 3.80. The maximum Gasteiger partial charge on any atom is 0.190 e. The fraction of sp³-hybridized carbons (Fsp3) is 0.684. The first-order chi connectivity index (χ1) is 12.5. The minimum Gasteiger partial charge on any atom is -0.394 e. The predicted octanol–water partition coefficient (Wildman–Crippen LogP) is 4.62. The number of hydrogen-bond acceptors (Lipinski definition) is 7. The highest BCUT2D eigenvalue weighted by Crippen LogP contribution is 2.42. The van der Waals surface area contributed by atoms with Crippen molar-refractivity contribution in [2.45, 2.75) is 76.8 Å². The molecule has 0 amide bonds. The van der Waals surface area contributed by atoms with Crippen LogP contribution in [0, 0.1) is 0 Å². The fourth-order valence-electron chi connectivity index (χ4n) is 3.11. The van der Waals surface area contributed by atoms with Crippen LogP contribution in [0.15, 0.2) is 5.16 Å². The van der Waals surface area contributed by atoms with Gasteiger partial charge >= 0.3 is 0 Å². The number of nitrogens with one attached hydrogen (secondary N) is 1. The molecule has 2 aromatic rings. The number of aliphatic hydroxyl groups is 1. The maximum absolute atomic E-state index is 9.65. The molecule has 0 aromatic carbocycles. The molecule has 3 rings (SSSR count). The second kappa shape index (κ2) is 8.42. The Morgan fingerprint density at radius 3 is 2.81 bits per heavy atom. The van der Waals surface area contributed by atoms with Crippen molar-refractivity contribution in [1.29, 1.82) is 0 Å². The Morgan fingerprint density at radius 2 is 2.15 bits per heavy atom. The van der Waals surface area contributed by atoms with E-state index in [0.29, 0.717) is 6.61 Å². The monoisotopic (exact) mass is 395 g/mol. The molecule has 2 atom stereocenters. The summed E-state index contributed by atoms with van der Waals surface area (Å²) in [5.74, 6) is 1.87. The van der Waals surface area contributed by atoms with Gasteiger partial charge in [-0.1, -0.05) is 32.5 Å². The first-order valence-corrected chi connectivity index (χ1v) is 11.3. The van der Waals surface area contributed by atoms with Crippen molar-refractivity contribution in [3.63, 3.8) is 0 Å². The normalized spacial score (nSPS) is 21.0. The van der Waals surface area contributed by atoms with Gasteiger partial charge in [-0.25, -0.2) is 9.97 Å². The third-order valence-electron chi connectivity index (χ3n) is 5.05. The molecule has 1 aliphatic rings. The predicted molar refractivity (Wildman–Crippen MR) is 110 cm³/mol. The summed E-state index contributed by atoms with van der Waals surface area (Å²) < 4.78 is 6.13. The van der Waals surface area contributed by atoms with Gasteiger partial charge in [-0.3, -0.25) is 0 Å². The van der Waals surface area contributed by atoms with Gasteiger partial charge in [-0.15, -0.1) is 11.3 Å². The Labute approximate surface area is 164 Å². The van der Waals surface area contributed by atoms with Gasteiger partial charge in [-0.2, -0.15) is 0 Å². The molecule has 3 heterocycles. The summed E-state index contributed by atoms with van der Waals surface area (Å²) in [5.41, 5.74) is 1.19. The largest absolute Gasteiger partial charge is 0.394 e. The third-order valence-corrected chi connectivity index (χ3v) is 7.21. The zero-order valence-corrected chi connectivity index (χ0v) is 17.7. The Hall–Kier alpha value is -0.890. The highest BCUT2D eigenvalue weighted by molar-refractivity contribution is 7.99. The summed E-state index contributed by atoms with van der Waals surface area (Å²) in [4.78, 5) is 11.9. The van der Waals surface area contributed by atoms with Crippen molar-refractivity contribution in [3.8, 4) is 0 Å². The van der Waals surface area contributed by atoms with Gasteiger partial charge in [0.1, 0.15) is 10.6 Å². The van der Waals surface area contributed by atoms with Crippen LogP contribution < -0.4 is 5.32 Å². The van der Waals surface area contributed by atoms with Crippen LogP contribution in [0.5, 0.6) is 0 Å². The van der Waals surface area contributed by atoms with Gasteiger partial charge in [0, 0.05) is 17.1 Å². The first kappa shape index (κ1) is 19.9. The van der Waals surface area contributed by atoms with Gasteiger partial charge in [0.25, 0.3) is 0 Å². The molecular formula is C19H29N3O2S2. The van der Waals surface area contributed by atoms with Gasteiger partial charge in [0.15, 0.2) is 5.16 Å². The van der Waals surface area contributed by atoms with Crippen LogP contribution in [0.4, 0.5) is 5.82 Å². The van der Waals surface area contributed by atoms with Crippen molar-refractivity contribution in [2.75, 3.05) is 17.7 Å². The second-order valence-corrected chi connectivity index (χ2v) is 9.23. The van der Waals surface area contributed by atoms with E-state index in [-0.39, 0.29) is 18.2 Å². The van der Waals surface area contributed by atoms with E-state index in [2.05, 4.69) is 33.0 Å². The van der Waals surface area contributed by atoms with E-state index in [1.165, 1.54) is 10.4 Å². The molecule has 1 aliphatic heterocycles. The quantitative estimate of drug-likeness (QED) is 0.502. The minimum absolute atomic E-state index is 0.00470. The van der Waals surface area contributed by atoms with E-state index >= 15 is 0 Å². The third kappa shape index (κ3) is 4.01. The average molecular weight is 396 g/mol. The lowest BCUT2D eigenvalue weighted by molar-refractivity contribution is -0.0542. The molecule has 2 unspecified atom stereocenters. The van der Waals surface area contributed by atoms with Crippen LogP contribution in [0.25, 0.3) is 10.2 Å². The number of hydrogen-bond donors (Lipinski definition) is 2. The standard InChI is InChI=1S/C19H29N3O2S2/c1-5-8-25-18-21-16(20-12(6-2)10-23)15-13-9-19(4,7-3)24-11-14(13)26-17(15)22-18/h12,23H,5-11H2,1-4H3,(H,20,21,22). The number of aromatic nitrogens is 2. The highest BCUT2D eigenvalue weighted by atomic mass is 32.2. The van der Waals surface area contributed by atoms with E-state index in [1.54, 1.807) is 23.1 Å². The Bertz CT molecular complexity index is 761. The summed E-state index contributed by atoms with van der Waals surface area (Å²) in [6.45, 7) is 9.34. The van der Waals surface area contributed by atoms with Gasteiger partial charge in [0.2, 0.25) is 0 Å². The summed E-state index contributed by atoms with van der Waals surface area (Å²) >= 11 is 3.42. The molecule has 0 radical (unpaired) electrons. The molecule has 2 N–H and O–H groups in total. The highest BCUT2D eigenvalue weighted by Gasteiger charge is 2.33. The summed E-state index contributed by atoms with van der Waals surface area (Å²) in [5, 5.41) is 15.1. The molecule has 0 bridgehead atoms. The number of anilines is 1. The number of thioether (sulfide) groups is 1. The molecule has 0 aliphatic carbocycles. The Morgan fingerprint density at radius 1 is 1.35 bits per heavy atom. The van der Waals surface area contributed by atoms with Gasteiger partial charge < -0.3 is 15.2 Å². The molecule has 0 spiro atoms. The number of ether oxygens (including phenoxy) is 1. The molecule has 144 valence electrons. The number of fused-ring (bicyclic) bond motifs is 3. The van der Waals surface area contributed by atoms with E-state index in [0.717, 1.165) is 52.6 Å². The lowest BCUT2D eigenvalue weighted by atomic mass is 9.90. The molecule has 0 saturated heterocycles. The summed E-state index contributed by atoms with van der Waals surface area (Å²) in [7, 11) is 0. The van der Waals surface area contributed by atoms with Crippen LogP contribution in [-0.2, 0) is 17.8 Å². The van der Waals surface area contributed by atoms with E-state index in [1.807, 2.05) is 0 Å². The van der Waals surface area contributed by atoms with Gasteiger partial charge in [0.05, 0.1) is 30.2 Å². The number of aliphatic hydroxyl groups excluding tert-OH is 1. The number of rotatable bonds is 8. The second-order valence-electron chi connectivity index (χ2n) is 7.09. The number of thiophene rings is 1. The van der Waals surface area contributed by atoms with E-state index in [9.17, 15) is 5.11 Å². The smallest absolute Gasteiger partial charge is 0.190 e. The Kier molecular flexibility index (Phi) is 6.43. The van der Waals surface area contributed by atoms with Crippen LogP contribution in [0.3, 0.4) is 0 Å². The molecule has 2 aromatic heterocycles. The zero-order chi connectivity index (χ0) is 18.7. The van der Waals surface area contributed by atoms with Crippen molar-refractivity contribution in [3.05, 3.63) is 10.4 Å². The van der Waals surface area contributed by atoms with Crippen LogP contribution >= 0.6 is 23.1 Å². The first-order valence-electron chi connectivity index (χ1n) is 9.50. The lowest BCUT2D eigenvalue weighted by Crippen LogP contribution is -2.34. The topological polar surface area (TPSA) is 67.3 Å². The molecule has 0 fully saturated rings. The molecule has 26 heavy (non-hydrogen) atoms. The molecule has 7 heteroatoms.